The van der Waals surface area contributed by atoms with Crippen LogP contribution >= 0.6 is 0 Å². The Balaban J connectivity index is 1.53. The number of para-hydroxylation sites is 1. The van der Waals surface area contributed by atoms with E-state index in [0.717, 1.165) is 24.7 Å². The number of carbonyl (C=O) groups is 1. The van der Waals surface area contributed by atoms with Crippen LogP contribution in [0.25, 0.3) is 0 Å². The fourth-order valence-corrected chi connectivity index (χ4v) is 2.63. The molecule has 2 heterocycles. The maximum absolute atomic E-state index is 12.2. The van der Waals surface area contributed by atoms with E-state index >= 15 is 0 Å². The van der Waals surface area contributed by atoms with Crippen LogP contribution in [0.2, 0.25) is 0 Å². The van der Waals surface area contributed by atoms with Crippen LogP contribution in [-0.4, -0.2) is 35.1 Å². The number of rotatable bonds is 6. The number of nitrogens with one attached hydrogen (secondary N) is 1. The highest BCUT2D eigenvalue weighted by Gasteiger charge is 2.16. The molecule has 1 atom stereocenters. The zero-order valence-corrected chi connectivity index (χ0v) is 13.8. The Kier molecular flexibility index (Phi) is 5.25. The Morgan fingerprint density at radius 1 is 1.25 bits per heavy atom. The summed E-state index contributed by atoms with van der Waals surface area (Å²) in [6.45, 7) is 4.10. The van der Waals surface area contributed by atoms with Crippen LogP contribution in [-0.2, 0) is 11.3 Å². The molecular formula is C18H22N4O2. The third-order valence-corrected chi connectivity index (χ3v) is 3.96. The monoisotopic (exact) mass is 326 g/mol. The highest BCUT2D eigenvalue weighted by molar-refractivity contribution is 5.80. The molecule has 1 aromatic heterocycles. The molecule has 2 aromatic rings. The zero-order valence-electron chi connectivity index (χ0n) is 13.8. The number of nitrogens with zero attached hydrogens (tertiary/aromatic N) is 3. The molecular weight excluding hydrogens is 304 g/mol. The number of hydrogen-bond donors (Lipinski definition) is 1. The molecule has 1 saturated heterocycles. The largest absolute Gasteiger partial charge is 0.481 e. The maximum atomic E-state index is 12.2. The average Bonchev–Trinajstić information content (AvgIpc) is 3.15. The number of ether oxygens (including phenoxy) is 1. The third-order valence-electron chi connectivity index (χ3n) is 3.96. The van der Waals surface area contributed by atoms with E-state index in [9.17, 15) is 4.79 Å². The molecule has 1 fully saturated rings. The van der Waals surface area contributed by atoms with E-state index in [4.69, 9.17) is 4.74 Å². The minimum absolute atomic E-state index is 0.166. The van der Waals surface area contributed by atoms with Crippen molar-refractivity contribution in [1.29, 1.82) is 0 Å². The Hall–Kier alpha value is -2.63. The van der Waals surface area contributed by atoms with E-state index in [1.54, 1.807) is 13.1 Å². The van der Waals surface area contributed by atoms with Gasteiger partial charge >= 0.3 is 0 Å². The van der Waals surface area contributed by atoms with Gasteiger partial charge in [0.15, 0.2) is 6.10 Å². The van der Waals surface area contributed by atoms with Crippen molar-refractivity contribution in [3.63, 3.8) is 0 Å². The van der Waals surface area contributed by atoms with Crippen LogP contribution in [0, 0.1) is 0 Å². The van der Waals surface area contributed by atoms with Crippen LogP contribution in [0.5, 0.6) is 5.75 Å². The summed E-state index contributed by atoms with van der Waals surface area (Å²) >= 11 is 0. The molecule has 1 amide bonds. The first-order valence-corrected chi connectivity index (χ1v) is 8.28. The van der Waals surface area contributed by atoms with Crippen molar-refractivity contribution in [3.8, 4) is 5.75 Å². The van der Waals surface area contributed by atoms with Gasteiger partial charge in [-0.15, -0.1) is 0 Å². The smallest absolute Gasteiger partial charge is 0.261 e. The second-order valence-electron chi connectivity index (χ2n) is 5.83. The summed E-state index contributed by atoms with van der Waals surface area (Å²) < 4.78 is 5.62. The van der Waals surface area contributed by atoms with E-state index in [0.29, 0.717) is 12.3 Å². The predicted molar refractivity (Wildman–Crippen MR) is 91.9 cm³/mol. The summed E-state index contributed by atoms with van der Waals surface area (Å²) in [6.07, 6.45) is 3.54. The summed E-state index contributed by atoms with van der Waals surface area (Å²) in [5.41, 5.74) is 0.798. The molecule has 24 heavy (non-hydrogen) atoms. The molecule has 126 valence electrons. The molecule has 1 aliphatic heterocycles. The molecule has 0 radical (unpaired) electrons. The fourth-order valence-electron chi connectivity index (χ4n) is 2.63. The molecule has 6 heteroatoms. The molecule has 1 aliphatic rings. The lowest BCUT2D eigenvalue weighted by Gasteiger charge is -2.16. The van der Waals surface area contributed by atoms with E-state index in [1.165, 1.54) is 12.8 Å². The van der Waals surface area contributed by atoms with E-state index in [2.05, 4.69) is 20.2 Å². The van der Waals surface area contributed by atoms with Gasteiger partial charge in [-0.2, -0.15) is 0 Å². The van der Waals surface area contributed by atoms with Gasteiger partial charge in [0, 0.05) is 19.3 Å². The number of anilines is 1. The third kappa shape index (κ3) is 4.22. The predicted octanol–water partition coefficient (Wildman–Crippen LogP) is 2.16. The topological polar surface area (TPSA) is 67.3 Å². The summed E-state index contributed by atoms with van der Waals surface area (Å²) in [7, 11) is 0. The summed E-state index contributed by atoms with van der Waals surface area (Å²) in [5, 5.41) is 2.86. The zero-order chi connectivity index (χ0) is 16.8. The van der Waals surface area contributed by atoms with E-state index in [-0.39, 0.29) is 5.91 Å². The summed E-state index contributed by atoms with van der Waals surface area (Å²) in [5.74, 6) is 1.26. The lowest BCUT2D eigenvalue weighted by Crippen LogP contribution is -2.36. The number of hydrogen-bond acceptors (Lipinski definition) is 5. The lowest BCUT2D eigenvalue weighted by atomic mass is 10.3. The van der Waals surface area contributed by atoms with Gasteiger partial charge in [0.05, 0.1) is 12.2 Å². The Bertz CT molecular complexity index is 672. The van der Waals surface area contributed by atoms with Crippen molar-refractivity contribution in [3.05, 3.63) is 48.3 Å². The Morgan fingerprint density at radius 3 is 2.75 bits per heavy atom. The molecule has 6 nitrogen and oxygen atoms in total. The summed E-state index contributed by atoms with van der Waals surface area (Å²) in [4.78, 5) is 23.2. The van der Waals surface area contributed by atoms with Gasteiger partial charge in [0.1, 0.15) is 5.75 Å². The summed E-state index contributed by atoms with van der Waals surface area (Å²) in [6, 6.07) is 11.1. The van der Waals surface area contributed by atoms with Crippen LogP contribution < -0.4 is 15.0 Å². The second-order valence-corrected chi connectivity index (χ2v) is 5.83. The fraction of sp³-hybridized carbons (Fsp3) is 0.389. The van der Waals surface area contributed by atoms with Crippen LogP contribution in [0.1, 0.15) is 25.5 Å². The van der Waals surface area contributed by atoms with Gasteiger partial charge in [-0.25, -0.2) is 9.97 Å². The standard InChI is InChI=1S/C18H22N4O2/c1-14(24-16-7-3-2-4-8-16)17(23)20-13-15-9-10-19-18(21-15)22-11-5-6-12-22/h2-4,7-10,14H,5-6,11-13H2,1H3,(H,20,23)/t14-/m1/s1. The van der Waals surface area contributed by atoms with Crippen molar-refractivity contribution in [2.45, 2.75) is 32.4 Å². The molecule has 0 saturated carbocycles. The van der Waals surface area contributed by atoms with Gasteiger partial charge < -0.3 is 15.0 Å². The minimum Gasteiger partial charge on any atom is -0.481 e. The number of benzene rings is 1. The molecule has 0 bridgehead atoms. The van der Waals surface area contributed by atoms with Crippen molar-refractivity contribution in [1.82, 2.24) is 15.3 Å². The molecule has 1 N–H and O–H groups in total. The van der Waals surface area contributed by atoms with Gasteiger partial charge in [-0.05, 0) is 38.0 Å². The van der Waals surface area contributed by atoms with Crippen molar-refractivity contribution in [2.75, 3.05) is 18.0 Å². The van der Waals surface area contributed by atoms with E-state index < -0.39 is 6.10 Å². The van der Waals surface area contributed by atoms with Crippen LogP contribution in [0.15, 0.2) is 42.6 Å². The highest BCUT2D eigenvalue weighted by Crippen LogP contribution is 2.15. The first-order chi connectivity index (χ1) is 11.7. The van der Waals surface area contributed by atoms with Crippen LogP contribution in [0.4, 0.5) is 5.95 Å². The average molecular weight is 326 g/mol. The number of aromatic nitrogens is 2. The van der Waals surface area contributed by atoms with Crippen molar-refractivity contribution >= 4 is 11.9 Å². The first-order valence-electron chi connectivity index (χ1n) is 8.28. The van der Waals surface area contributed by atoms with Crippen LogP contribution in [0.3, 0.4) is 0 Å². The SMILES string of the molecule is C[C@@H](Oc1ccccc1)C(=O)NCc1ccnc(N2CCCC2)n1. The van der Waals surface area contributed by atoms with Gasteiger partial charge in [-0.3, -0.25) is 4.79 Å². The molecule has 1 aromatic carbocycles. The lowest BCUT2D eigenvalue weighted by molar-refractivity contribution is -0.127. The molecule has 0 unspecified atom stereocenters. The second kappa shape index (κ2) is 7.77. The molecule has 0 aliphatic carbocycles. The van der Waals surface area contributed by atoms with E-state index in [1.807, 2.05) is 36.4 Å². The normalized spacial score (nSPS) is 15.1. The Morgan fingerprint density at radius 2 is 2.00 bits per heavy atom. The highest BCUT2D eigenvalue weighted by atomic mass is 16.5. The number of amides is 1. The van der Waals surface area contributed by atoms with Gasteiger partial charge in [-0.1, -0.05) is 18.2 Å². The van der Waals surface area contributed by atoms with Crippen molar-refractivity contribution in [2.24, 2.45) is 0 Å². The number of carbonyl (C=O) groups excluding carboxylic acids is 1. The molecule has 0 spiro atoms. The Labute approximate surface area is 141 Å². The minimum atomic E-state index is -0.563. The van der Waals surface area contributed by atoms with Gasteiger partial charge in [0.2, 0.25) is 5.95 Å². The maximum Gasteiger partial charge on any atom is 0.261 e. The van der Waals surface area contributed by atoms with Gasteiger partial charge in [0.25, 0.3) is 5.91 Å². The molecule has 3 rings (SSSR count). The first kappa shape index (κ1) is 16.2. The quantitative estimate of drug-likeness (QED) is 0.881. The van der Waals surface area contributed by atoms with Crippen molar-refractivity contribution < 1.29 is 9.53 Å².